The van der Waals surface area contributed by atoms with Gasteiger partial charge >= 0.3 is 0 Å². The first kappa shape index (κ1) is 4.91. The Labute approximate surface area is 47.8 Å². The van der Waals surface area contributed by atoms with Gasteiger partial charge in [-0.25, -0.2) is 0 Å². The molecule has 0 saturated heterocycles. The normalized spacial score (nSPS) is 29.4. The lowest BCUT2D eigenvalue weighted by molar-refractivity contribution is 0.521. The van der Waals surface area contributed by atoms with Crippen LogP contribution in [0.1, 0.15) is 0 Å². The van der Waals surface area contributed by atoms with E-state index < -0.39 is 0 Å². The quantitative estimate of drug-likeness (QED) is 0.331. The number of alkyl halides is 1. The SMILES string of the molecule is CN1[C]=NCC1Cl. The van der Waals surface area contributed by atoms with Gasteiger partial charge in [0.2, 0.25) is 0 Å². The Hall–Kier alpha value is -0.240. The molecule has 0 amide bonds. The minimum atomic E-state index is 0.0417. The molecule has 1 heterocycles. The van der Waals surface area contributed by atoms with Crippen LogP contribution < -0.4 is 0 Å². The van der Waals surface area contributed by atoms with Crippen molar-refractivity contribution in [3.63, 3.8) is 0 Å². The first-order valence-corrected chi connectivity index (χ1v) is 2.53. The molecule has 2 nitrogen and oxygen atoms in total. The molecule has 0 bridgehead atoms. The van der Waals surface area contributed by atoms with Crippen LogP contribution >= 0.6 is 11.6 Å². The standard InChI is InChI=1S/C4H6ClN2/c1-7-3-6-2-4(7)5/h4H,2H2,1H3. The maximum absolute atomic E-state index is 5.63. The van der Waals surface area contributed by atoms with E-state index in [1.807, 2.05) is 7.05 Å². The summed E-state index contributed by atoms with van der Waals surface area (Å²) in [7, 11) is 1.86. The van der Waals surface area contributed by atoms with E-state index in [2.05, 4.69) is 11.3 Å². The predicted molar refractivity (Wildman–Crippen MR) is 29.7 cm³/mol. The second-order valence-electron chi connectivity index (χ2n) is 1.49. The van der Waals surface area contributed by atoms with Crippen LogP contribution in [0.25, 0.3) is 0 Å². The van der Waals surface area contributed by atoms with E-state index in [1.165, 1.54) is 0 Å². The maximum Gasteiger partial charge on any atom is 0.168 e. The molecule has 0 saturated carbocycles. The predicted octanol–water partition coefficient (Wildman–Crippen LogP) is 0.402. The minimum Gasteiger partial charge on any atom is -0.339 e. The molecule has 0 N–H and O–H groups in total. The Morgan fingerprint density at radius 1 is 2.00 bits per heavy atom. The highest BCUT2D eigenvalue weighted by Gasteiger charge is 2.11. The third kappa shape index (κ3) is 0.855. The maximum atomic E-state index is 5.63. The minimum absolute atomic E-state index is 0.0417. The van der Waals surface area contributed by atoms with Gasteiger partial charge in [-0.15, -0.1) is 0 Å². The van der Waals surface area contributed by atoms with Crippen molar-refractivity contribution >= 4 is 17.9 Å². The van der Waals surface area contributed by atoms with Crippen molar-refractivity contribution in [3.05, 3.63) is 0 Å². The Kier molecular flexibility index (Phi) is 1.19. The topological polar surface area (TPSA) is 15.6 Å². The van der Waals surface area contributed by atoms with E-state index in [9.17, 15) is 0 Å². The van der Waals surface area contributed by atoms with Gasteiger partial charge < -0.3 is 4.90 Å². The second-order valence-corrected chi connectivity index (χ2v) is 1.99. The Morgan fingerprint density at radius 2 is 2.71 bits per heavy atom. The monoisotopic (exact) mass is 117 g/mol. The summed E-state index contributed by atoms with van der Waals surface area (Å²) >= 11 is 5.63. The molecule has 1 radical (unpaired) electrons. The molecule has 1 aliphatic heterocycles. The van der Waals surface area contributed by atoms with Crippen molar-refractivity contribution < 1.29 is 0 Å². The molecule has 0 fully saturated rings. The fourth-order valence-corrected chi connectivity index (χ4v) is 0.525. The van der Waals surface area contributed by atoms with Crippen molar-refractivity contribution in [3.8, 4) is 0 Å². The van der Waals surface area contributed by atoms with Crippen molar-refractivity contribution in [2.45, 2.75) is 5.50 Å². The van der Waals surface area contributed by atoms with Crippen molar-refractivity contribution in [2.75, 3.05) is 13.6 Å². The summed E-state index contributed by atoms with van der Waals surface area (Å²) in [6.45, 7) is 0.679. The van der Waals surface area contributed by atoms with Crippen LogP contribution in [0.15, 0.2) is 4.99 Å². The molecule has 3 heteroatoms. The van der Waals surface area contributed by atoms with Gasteiger partial charge in [-0.3, -0.25) is 4.99 Å². The molecule has 39 valence electrons. The fourth-order valence-electron chi connectivity index (χ4n) is 0.413. The van der Waals surface area contributed by atoms with E-state index in [1.54, 1.807) is 4.90 Å². The summed E-state index contributed by atoms with van der Waals surface area (Å²) in [5.74, 6) is 0. The molecule has 0 spiro atoms. The molecule has 1 unspecified atom stereocenters. The van der Waals surface area contributed by atoms with Gasteiger partial charge in [-0.2, -0.15) is 0 Å². The molecule has 7 heavy (non-hydrogen) atoms. The highest BCUT2D eigenvalue weighted by atomic mass is 35.5. The molecule has 0 aromatic heterocycles. The molecular weight excluding hydrogens is 112 g/mol. The average Bonchev–Trinajstić information content (AvgIpc) is 1.91. The van der Waals surface area contributed by atoms with Crippen LogP contribution in [0.5, 0.6) is 0 Å². The second kappa shape index (κ2) is 1.70. The molecule has 0 aromatic rings. The van der Waals surface area contributed by atoms with Crippen LogP contribution in [0.3, 0.4) is 0 Å². The summed E-state index contributed by atoms with van der Waals surface area (Å²) in [6, 6.07) is 0. The van der Waals surface area contributed by atoms with Crippen LogP contribution in [0.2, 0.25) is 0 Å². The van der Waals surface area contributed by atoms with Crippen molar-refractivity contribution in [1.29, 1.82) is 0 Å². The van der Waals surface area contributed by atoms with Gasteiger partial charge in [-0.05, 0) is 0 Å². The first-order chi connectivity index (χ1) is 3.30. The number of halogens is 1. The number of likely N-dealkylation sites (N-methyl/N-ethyl adjacent to an activating group) is 1. The number of hydrogen-bond acceptors (Lipinski definition) is 2. The van der Waals surface area contributed by atoms with Gasteiger partial charge in [-0.1, -0.05) is 11.6 Å². The zero-order valence-corrected chi connectivity index (χ0v) is 4.81. The lowest BCUT2D eigenvalue weighted by Crippen LogP contribution is -2.20. The van der Waals surface area contributed by atoms with E-state index in [-0.39, 0.29) is 5.50 Å². The first-order valence-electron chi connectivity index (χ1n) is 2.10. The van der Waals surface area contributed by atoms with E-state index in [0.717, 1.165) is 0 Å². The summed E-state index contributed by atoms with van der Waals surface area (Å²) in [5, 5.41) is 0. The summed E-state index contributed by atoms with van der Waals surface area (Å²) in [4.78, 5) is 5.54. The Bertz CT molecular complexity index is 91.7. The Morgan fingerprint density at radius 3 is 2.86 bits per heavy atom. The number of nitrogens with zero attached hydrogens (tertiary/aromatic N) is 2. The zero-order chi connectivity index (χ0) is 5.28. The molecule has 0 aliphatic carbocycles. The van der Waals surface area contributed by atoms with Crippen LogP contribution in [0.4, 0.5) is 0 Å². The van der Waals surface area contributed by atoms with Crippen molar-refractivity contribution in [2.24, 2.45) is 4.99 Å². The molecule has 1 rings (SSSR count). The van der Waals surface area contributed by atoms with Gasteiger partial charge in [0.25, 0.3) is 0 Å². The summed E-state index contributed by atoms with van der Waals surface area (Å²) < 4.78 is 0. The third-order valence-electron chi connectivity index (χ3n) is 0.891. The van der Waals surface area contributed by atoms with Gasteiger partial charge in [0.15, 0.2) is 6.34 Å². The lowest BCUT2D eigenvalue weighted by atomic mass is 10.6. The van der Waals surface area contributed by atoms with Gasteiger partial charge in [0.1, 0.15) is 5.50 Å². The van der Waals surface area contributed by atoms with Crippen LogP contribution in [-0.4, -0.2) is 30.3 Å². The van der Waals surface area contributed by atoms with Gasteiger partial charge in [0.05, 0.1) is 6.54 Å². The van der Waals surface area contributed by atoms with Crippen LogP contribution in [0, 0.1) is 0 Å². The van der Waals surface area contributed by atoms with E-state index in [4.69, 9.17) is 11.6 Å². The number of hydrogen-bond donors (Lipinski definition) is 0. The highest BCUT2D eigenvalue weighted by molar-refractivity contribution is 6.21. The summed E-state index contributed by atoms with van der Waals surface area (Å²) in [5.41, 5.74) is 0.0417. The highest BCUT2D eigenvalue weighted by Crippen LogP contribution is 2.04. The molecule has 1 atom stereocenters. The molecular formula is C4H6ClN2. The smallest absolute Gasteiger partial charge is 0.168 e. The molecule has 1 aliphatic rings. The largest absolute Gasteiger partial charge is 0.339 e. The fraction of sp³-hybridized carbons (Fsp3) is 0.750. The molecule has 0 aromatic carbocycles. The Balaban J connectivity index is 2.45. The van der Waals surface area contributed by atoms with E-state index in [0.29, 0.717) is 6.54 Å². The van der Waals surface area contributed by atoms with E-state index >= 15 is 0 Å². The average molecular weight is 118 g/mol. The summed E-state index contributed by atoms with van der Waals surface area (Å²) in [6.07, 6.45) is 2.70. The van der Waals surface area contributed by atoms with Crippen LogP contribution in [-0.2, 0) is 0 Å². The number of rotatable bonds is 0. The number of aliphatic imine (C=N–C) groups is 1. The lowest BCUT2D eigenvalue weighted by Gasteiger charge is -2.08. The van der Waals surface area contributed by atoms with Crippen molar-refractivity contribution in [1.82, 2.24) is 4.90 Å². The third-order valence-corrected chi connectivity index (χ3v) is 1.32. The van der Waals surface area contributed by atoms with Gasteiger partial charge in [0, 0.05) is 7.05 Å². The zero-order valence-electron chi connectivity index (χ0n) is 4.06.